The van der Waals surface area contributed by atoms with Crippen LogP contribution in [0.25, 0.3) is 0 Å². The van der Waals surface area contributed by atoms with E-state index in [0.717, 1.165) is 29.3 Å². The fourth-order valence-corrected chi connectivity index (χ4v) is 4.03. The van der Waals surface area contributed by atoms with E-state index in [4.69, 9.17) is 0 Å². The topological polar surface area (TPSA) is 15.3 Å². The number of nitrogens with one attached hydrogen (secondary N) is 1. The average molecular weight is 236 g/mol. The molecule has 0 amide bonds. The lowest BCUT2D eigenvalue weighted by atomic mass is 9.85. The minimum Gasteiger partial charge on any atom is -0.317 e. The van der Waals surface area contributed by atoms with Crippen molar-refractivity contribution in [2.75, 3.05) is 20.1 Å². The van der Waals surface area contributed by atoms with Crippen molar-refractivity contribution in [2.24, 2.45) is 17.3 Å². The van der Waals surface area contributed by atoms with Gasteiger partial charge >= 0.3 is 0 Å². The molecular formula is C15H28N2. The van der Waals surface area contributed by atoms with E-state index in [2.05, 4.69) is 31.1 Å². The minimum absolute atomic E-state index is 0.734. The van der Waals surface area contributed by atoms with Gasteiger partial charge in [-0.2, -0.15) is 0 Å². The zero-order valence-electron chi connectivity index (χ0n) is 11.7. The number of hydrogen-bond acceptors (Lipinski definition) is 2. The number of rotatable bonds is 4. The first-order chi connectivity index (χ1) is 8.16. The molecule has 2 aliphatic carbocycles. The first-order valence-electron chi connectivity index (χ1n) is 7.57. The quantitative estimate of drug-likeness (QED) is 0.807. The molecule has 0 bridgehead atoms. The maximum absolute atomic E-state index is 3.49. The third-order valence-electron chi connectivity index (χ3n) is 5.92. The van der Waals surface area contributed by atoms with Crippen molar-refractivity contribution in [1.29, 1.82) is 0 Å². The van der Waals surface area contributed by atoms with Crippen molar-refractivity contribution in [1.82, 2.24) is 10.2 Å². The molecule has 17 heavy (non-hydrogen) atoms. The molecule has 0 aromatic rings. The van der Waals surface area contributed by atoms with Crippen LogP contribution in [0.1, 0.15) is 46.0 Å². The van der Waals surface area contributed by atoms with Crippen LogP contribution in [-0.4, -0.2) is 37.1 Å². The van der Waals surface area contributed by atoms with E-state index in [1.165, 1.54) is 45.2 Å². The number of nitrogens with zero attached hydrogens (tertiary/aromatic N) is 1. The molecule has 1 heterocycles. The van der Waals surface area contributed by atoms with Crippen LogP contribution in [0.3, 0.4) is 0 Å². The van der Waals surface area contributed by atoms with Crippen LogP contribution in [-0.2, 0) is 0 Å². The van der Waals surface area contributed by atoms with E-state index in [1.807, 2.05) is 0 Å². The van der Waals surface area contributed by atoms with Crippen molar-refractivity contribution in [3.05, 3.63) is 0 Å². The maximum Gasteiger partial charge on any atom is 0.0117 e. The van der Waals surface area contributed by atoms with Gasteiger partial charge in [-0.05, 0) is 69.9 Å². The summed E-state index contributed by atoms with van der Waals surface area (Å²) >= 11 is 0. The second-order valence-electron chi connectivity index (χ2n) is 6.89. The molecule has 2 heteroatoms. The summed E-state index contributed by atoms with van der Waals surface area (Å²) in [5.41, 5.74) is 0.778. The highest BCUT2D eigenvalue weighted by Crippen LogP contribution is 2.61. The van der Waals surface area contributed by atoms with Crippen molar-refractivity contribution >= 4 is 0 Å². The fourth-order valence-electron chi connectivity index (χ4n) is 4.03. The van der Waals surface area contributed by atoms with Crippen LogP contribution in [0.15, 0.2) is 0 Å². The van der Waals surface area contributed by atoms with Crippen LogP contribution in [0.4, 0.5) is 0 Å². The van der Waals surface area contributed by atoms with Gasteiger partial charge in [0.15, 0.2) is 0 Å². The molecule has 3 rings (SSSR count). The molecule has 0 aromatic carbocycles. The van der Waals surface area contributed by atoms with Gasteiger partial charge in [-0.1, -0.05) is 6.92 Å². The fraction of sp³-hybridized carbons (Fsp3) is 1.00. The summed E-state index contributed by atoms with van der Waals surface area (Å²) < 4.78 is 0. The zero-order valence-corrected chi connectivity index (χ0v) is 11.7. The highest BCUT2D eigenvalue weighted by atomic mass is 15.2. The van der Waals surface area contributed by atoms with Gasteiger partial charge in [0, 0.05) is 18.6 Å². The number of piperidine rings is 1. The Labute approximate surface area is 106 Å². The van der Waals surface area contributed by atoms with Gasteiger partial charge in [0.25, 0.3) is 0 Å². The second-order valence-corrected chi connectivity index (χ2v) is 6.89. The molecule has 3 unspecified atom stereocenters. The molecule has 1 saturated heterocycles. The Morgan fingerprint density at radius 1 is 1.18 bits per heavy atom. The van der Waals surface area contributed by atoms with Crippen molar-refractivity contribution < 1.29 is 0 Å². The molecule has 1 N–H and O–H groups in total. The van der Waals surface area contributed by atoms with E-state index in [0.29, 0.717) is 0 Å². The lowest BCUT2D eigenvalue weighted by molar-refractivity contribution is 0.0639. The molecule has 3 aliphatic rings. The van der Waals surface area contributed by atoms with Crippen LogP contribution in [0.5, 0.6) is 0 Å². The predicted octanol–water partition coefficient (Wildman–Crippen LogP) is 2.49. The van der Waals surface area contributed by atoms with Crippen molar-refractivity contribution in [3.8, 4) is 0 Å². The summed E-state index contributed by atoms with van der Waals surface area (Å²) in [7, 11) is 2.12. The first-order valence-corrected chi connectivity index (χ1v) is 7.57. The van der Waals surface area contributed by atoms with E-state index in [9.17, 15) is 0 Å². The van der Waals surface area contributed by atoms with Gasteiger partial charge < -0.3 is 5.32 Å². The summed E-state index contributed by atoms with van der Waals surface area (Å²) in [5.74, 6) is 1.90. The molecule has 3 atom stereocenters. The smallest absolute Gasteiger partial charge is 0.0117 e. The van der Waals surface area contributed by atoms with Crippen molar-refractivity contribution in [3.63, 3.8) is 0 Å². The minimum atomic E-state index is 0.734. The summed E-state index contributed by atoms with van der Waals surface area (Å²) in [4.78, 5) is 2.80. The molecular weight excluding hydrogens is 208 g/mol. The summed E-state index contributed by atoms with van der Waals surface area (Å²) in [6.07, 6.45) is 7.42. The monoisotopic (exact) mass is 236 g/mol. The average Bonchev–Trinajstić information content (AvgIpc) is 3.16. The molecule has 98 valence electrons. The third kappa shape index (κ3) is 2.15. The van der Waals surface area contributed by atoms with Crippen LogP contribution < -0.4 is 5.32 Å². The Bertz CT molecular complexity index is 281. The molecule has 0 radical (unpaired) electrons. The van der Waals surface area contributed by atoms with Crippen LogP contribution >= 0.6 is 0 Å². The Morgan fingerprint density at radius 3 is 2.41 bits per heavy atom. The zero-order chi connectivity index (χ0) is 12.0. The SMILES string of the molecule is CNC1CCN(CC2(C3CC3)CC2)C(C)C1C. The molecule has 1 aliphatic heterocycles. The number of likely N-dealkylation sites (tertiary alicyclic amines) is 1. The van der Waals surface area contributed by atoms with Gasteiger partial charge in [0.2, 0.25) is 0 Å². The second kappa shape index (κ2) is 4.24. The highest BCUT2D eigenvalue weighted by Gasteiger charge is 2.54. The van der Waals surface area contributed by atoms with Gasteiger partial charge in [-0.15, -0.1) is 0 Å². The van der Waals surface area contributed by atoms with Crippen LogP contribution in [0.2, 0.25) is 0 Å². The molecule has 2 saturated carbocycles. The maximum atomic E-state index is 3.49. The molecule has 0 aromatic heterocycles. The normalized spacial score (nSPS) is 41.5. The number of hydrogen-bond donors (Lipinski definition) is 1. The van der Waals surface area contributed by atoms with E-state index >= 15 is 0 Å². The Balaban J connectivity index is 1.60. The lowest BCUT2D eigenvalue weighted by Crippen LogP contribution is -2.54. The van der Waals surface area contributed by atoms with E-state index in [1.54, 1.807) is 0 Å². The highest BCUT2D eigenvalue weighted by molar-refractivity contribution is 5.06. The Kier molecular flexibility index (Phi) is 2.99. The molecule has 2 nitrogen and oxygen atoms in total. The van der Waals surface area contributed by atoms with Gasteiger partial charge in [-0.3, -0.25) is 4.90 Å². The van der Waals surface area contributed by atoms with Gasteiger partial charge in [0.1, 0.15) is 0 Å². The summed E-state index contributed by atoms with van der Waals surface area (Å²) in [5, 5.41) is 3.49. The molecule has 0 spiro atoms. The molecule has 3 fully saturated rings. The standard InChI is InChI=1S/C15H28N2/c1-11-12(2)17(9-6-14(11)16-3)10-15(7-8-15)13-4-5-13/h11-14,16H,4-10H2,1-3H3. The van der Waals surface area contributed by atoms with Crippen molar-refractivity contribution in [2.45, 2.75) is 58.0 Å². The van der Waals surface area contributed by atoms with Crippen LogP contribution in [0, 0.1) is 17.3 Å². The van der Waals surface area contributed by atoms with E-state index in [-0.39, 0.29) is 0 Å². The third-order valence-corrected chi connectivity index (χ3v) is 5.92. The largest absolute Gasteiger partial charge is 0.317 e. The predicted molar refractivity (Wildman–Crippen MR) is 72.1 cm³/mol. The Hall–Kier alpha value is -0.0800. The van der Waals surface area contributed by atoms with E-state index < -0.39 is 0 Å². The lowest BCUT2D eigenvalue weighted by Gasteiger charge is -2.44. The Morgan fingerprint density at radius 2 is 1.88 bits per heavy atom. The summed E-state index contributed by atoms with van der Waals surface area (Å²) in [6, 6.07) is 1.50. The first kappa shape index (κ1) is 12.0. The van der Waals surface area contributed by atoms with Gasteiger partial charge in [-0.25, -0.2) is 0 Å². The summed E-state index contributed by atoms with van der Waals surface area (Å²) in [6.45, 7) is 7.58. The van der Waals surface area contributed by atoms with Gasteiger partial charge in [0.05, 0.1) is 0 Å².